The second-order valence-electron chi connectivity index (χ2n) is 6.31. The second-order valence-corrected chi connectivity index (χ2v) is 7.31. The molecule has 7 nitrogen and oxygen atoms in total. The number of aryl methyl sites for hydroxylation is 2. The van der Waals surface area contributed by atoms with Crippen molar-refractivity contribution in [3.63, 3.8) is 0 Å². The number of aromatic nitrogens is 3. The number of hydrogen-bond acceptors (Lipinski definition) is 6. The molecule has 8 heteroatoms. The zero-order valence-corrected chi connectivity index (χ0v) is 16.5. The van der Waals surface area contributed by atoms with E-state index in [1.54, 1.807) is 20.1 Å². The predicted octanol–water partition coefficient (Wildman–Crippen LogP) is 3.32. The summed E-state index contributed by atoms with van der Waals surface area (Å²) in [7, 11) is 1.96. The van der Waals surface area contributed by atoms with E-state index in [-0.39, 0.29) is 12.2 Å². The number of para-hydroxylation sites is 1. The van der Waals surface area contributed by atoms with Gasteiger partial charge in [0.05, 0.1) is 18.2 Å². The van der Waals surface area contributed by atoms with E-state index in [1.165, 1.54) is 11.0 Å². The summed E-state index contributed by atoms with van der Waals surface area (Å²) >= 11 is 1.16. The summed E-state index contributed by atoms with van der Waals surface area (Å²) in [6.45, 7) is 3.75. The van der Waals surface area contributed by atoms with Crippen molar-refractivity contribution in [3.8, 4) is 0 Å². The molecule has 142 valence electrons. The summed E-state index contributed by atoms with van der Waals surface area (Å²) in [4.78, 5) is 30.2. The fourth-order valence-electron chi connectivity index (χ4n) is 3.19. The fraction of sp³-hybridized carbons (Fsp3) is 0.200. The van der Waals surface area contributed by atoms with Gasteiger partial charge in [0.2, 0.25) is 0 Å². The van der Waals surface area contributed by atoms with Gasteiger partial charge in [-0.15, -0.1) is 11.3 Å². The molecule has 4 aromatic rings. The first-order valence-corrected chi connectivity index (χ1v) is 9.59. The van der Waals surface area contributed by atoms with Gasteiger partial charge < -0.3 is 9.30 Å². The zero-order chi connectivity index (χ0) is 19.8. The van der Waals surface area contributed by atoms with Gasteiger partial charge in [-0.05, 0) is 25.5 Å². The van der Waals surface area contributed by atoms with E-state index in [9.17, 15) is 9.59 Å². The third kappa shape index (κ3) is 2.91. The standard InChI is InChI=1S/C20H18N4O3S/c1-4-27-20(26)17-12(2)16-18(28-17)21-11-24(19(16)25)22-9-13-10-23(3)15-8-6-5-7-14(13)15/h5-11H,4H2,1-3H3/b22-9-. The number of fused-ring (bicyclic) bond motifs is 2. The molecule has 0 fully saturated rings. The molecule has 1 aromatic carbocycles. The Balaban J connectivity index is 1.78. The first-order chi connectivity index (χ1) is 13.5. The van der Waals surface area contributed by atoms with Crippen LogP contribution in [0.15, 0.2) is 46.7 Å². The lowest BCUT2D eigenvalue weighted by atomic mass is 10.2. The lowest BCUT2D eigenvalue weighted by Gasteiger charge is -1.99. The van der Waals surface area contributed by atoms with Gasteiger partial charge in [0.1, 0.15) is 16.0 Å². The highest BCUT2D eigenvalue weighted by atomic mass is 32.1. The van der Waals surface area contributed by atoms with E-state index < -0.39 is 5.97 Å². The van der Waals surface area contributed by atoms with Crippen molar-refractivity contribution in [2.75, 3.05) is 6.61 Å². The second kappa shape index (κ2) is 7.05. The SMILES string of the molecule is CCOC(=O)c1sc2ncn(/N=C\c3cn(C)c4ccccc34)c(=O)c2c1C. The van der Waals surface area contributed by atoms with Crippen LogP contribution < -0.4 is 5.56 Å². The average molecular weight is 394 g/mol. The molecule has 3 heterocycles. The molecule has 0 N–H and O–H groups in total. The fourth-order valence-corrected chi connectivity index (χ4v) is 4.22. The molecule has 0 aliphatic heterocycles. The number of carbonyl (C=O) groups is 1. The Kier molecular flexibility index (Phi) is 4.56. The topological polar surface area (TPSA) is 78.5 Å². The molecule has 0 unspecified atom stereocenters. The molecule has 0 saturated carbocycles. The maximum Gasteiger partial charge on any atom is 0.348 e. The summed E-state index contributed by atoms with van der Waals surface area (Å²) in [5.74, 6) is -0.437. The molecular formula is C20H18N4O3S. The predicted molar refractivity (Wildman–Crippen MR) is 110 cm³/mol. The van der Waals surface area contributed by atoms with Crippen LogP contribution in [-0.4, -0.2) is 33.0 Å². The number of hydrogen-bond donors (Lipinski definition) is 0. The summed E-state index contributed by atoms with van der Waals surface area (Å²) in [6, 6.07) is 7.98. The van der Waals surface area contributed by atoms with Crippen molar-refractivity contribution in [2.45, 2.75) is 13.8 Å². The third-order valence-corrected chi connectivity index (χ3v) is 5.72. The van der Waals surface area contributed by atoms with Crippen molar-refractivity contribution in [1.82, 2.24) is 14.2 Å². The van der Waals surface area contributed by atoms with Gasteiger partial charge in [-0.3, -0.25) is 4.79 Å². The number of carbonyl (C=O) groups excluding carboxylic acids is 1. The lowest BCUT2D eigenvalue weighted by Crippen LogP contribution is -2.17. The Morgan fingerprint density at radius 2 is 2.14 bits per heavy atom. The number of thiophene rings is 1. The van der Waals surface area contributed by atoms with E-state index in [4.69, 9.17) is 4.74 Å². The largest absolute Gasteiger partial charge is 0.462 e. The van der Waals surface area contributed by atoms with E-state index in [0.717, 1.165) is 27.8 Å². The number of esters is 1. The number of rotatable bonds is 4. The van der Waals surface area contributed by atoms with Gasteiger partial charge in [-0.1, -0.05) is 18.2 Å². The van der Waals surface area contributed by atoms with Crippen LogP contribution in [0.4, 0.5) is 0 Å². The minimum Gasteiger partial charge on any atom is -0.462 e. The Labute approximate surface area is 164 Å². The van der Waals surface area contributed by atoms with E-state index in [2.05, 4.69) is 10.1 Å². The Hall–Kier alpha value is -3.26. The highest BCUT2D eigenvalue weighted by Crippen LogP contribution is 2.27. The van der Waals surface area contributed by atoms with Crippen LogP contribution in [0.5, 0.6) is 0 Å². The van der Waals surface area contributed by atoms with Gasteiger partial charge in [0.15, 0.2) is 0 Å². The van der Waals surface area contributed by atoms with E-state index >= 15 is 0 Å². The quantitative estimate of drug-likeness (QED) is 0.393. The summed E-state index contributed by atoms with van der Waals surface area (Å²) in [5.41, 5.74) is 2.24. The van der Waals surface area contributed by atoms with Crippen molar-refractivity contribution in [3.05, 3.63) is 63.1 Å². The molecule has 0 bridgehead atoms. The molecular weight excluding hydrogens is 376 g/mol. The molecule has 0 radical (unpaired) electrons. The van der Waals surface area contributed by atoms with Crippen LogP contribution in [0, 0.1) is 6.92 Å². The normalized spacial score (nSPS) is 11.7. The van der Waals surface area contributed by atoms with Crippen LogP contribution in [0.25, 0.3) is 21.1 Å². The van der Waals surface area contributed by atoms with E-state index in [0.29, 0.717) is 20.7 Å². The maximum absolute atomic E-state index is 12.9. The molecule has 0 atom stereocenters. The molecule has 0 amide bonds. The van der Waals surface area contributed by atoms with Crippen molar-refractivity contribution < 1.29 is 9.53 Å². The monoisotopic (exact) mass is 394 g/mol. The van der Waals surface area contributed by atoms with Gasteiger partial charge in [-0.2, -0.15) is 9.78 Å². The zero-order valence-electron chi connectivity index (χ0n) is 15.7. The minimum atomic E-state index is -0.437. The summed E-state index contributed by atoms with van der Waals surface area (Å²) in [5, 5.41) is 5.76. The van der Waals surface area contributed by atoms with Crippen molar-refractivity contribution in [1.29, 1.82) is 0 Å². The lowest BCUT2D eigenvalue weighted by molar-refractivity contribution is 0.0531. The molecule has 0 saturated heterocycles. The highest BCUT2D eigenvalue weighted by Gasteiger charge is 2.20. The number of benzene rings is 1. The maximum atomic E-state index is 12.9. The third-order valence-electron chi connectivity index (χ3n) is 4.54. The van der Waals surface area contributed by atoms with Crippen LogP contribution in [0.1, 0.15) is 27.7 Å². The van der Waals surface area contributed by atoms with Gasteiger partial charge in [0, 0.05) is 29.7 Å². The Bertz CT molecular complexity index is 1300. The van der Waals surface area contributed by atoms with Crippen molar-refractivity contribution >= 4 is 44.6 Å². The summed E-state index contributed by atoms with van der Waals surface area (Å²) in [6.07, 6.45) is 4.97. The molecule has 4 rings (SSSR count). The first-order valence-electron chi connectivity index (χ1n) is 8.77. The Morgan fingerprint density at radius 1 is 1.36 bits per heavy atom. The van der Waals surface area contributed by atoms with Crippen LogP contribution in [0.2, 0.25) is 0 Å². The first kappa shape index (κ1) is 18.1. The number of nitrogens with zero attached hydrogens (tertiary/aromatic N) is 4. The minimum absolute atomic E-state index is 0.277. The molecule has 3 aromatic heterocycles. The number of ether oxygens (including phenoxy) is 1. The Morgan fingerprint density at radius 3 is 2.93 bits per heavy atom. The van der Waals surface area contributed by atoms with Gasteiger partial charge in [-0.25, -0.2) is 9.78 Å². The van der Waals surface area contributed by atoms with Crippen LogP contribution >= 0.6 is 11.3 Å². The van der Waals surface area contributed by atoms with Gasteiger partial charge in [0.25, 0.3) is 5.56 Å². The van der Waals surface area contributed by atoms with Crippen LogP contribution in [-0.2, 0) is 11.8 Å². The van der Waals surface area contributed by atoms with E-state index in [1.807, 2.05) is 42.1 Å². The molecule has 0 spiro atoms. The van der Waals surface area contributed by atoms with Crippen molar-refractivity contribution in [2.24, 2.45) is 12.1 Å². The highest BCUT2D eigenvalue weighted by molar-refractivity contribution is 7.20. The molecule has 0 aliphatic carbocycles. The van der Waals surface area contributed by atoms with Crippen LogP contribution in [0.3, 0.4) is 0 Å². The van der Waals surface area contributed by atoms with Gasteiger partial charge >= 0.3 is 5.97 Å². The summed E-state index contributed by atoms with van der Waals surface area (Å²) < 4.78 is 8.26. The average Bonchev–Trinajstić information content (AvgIpc) is 3.20. The molecule has 0 aliphatic rings. The smallest absolute Gasteiger partial charge is 0.348 e. The molecule has 28 heavy (non-hydrogen) atoms.